The second-order valence-corrected chi connectivity index (χ2v) is 11.4. The predicted molar refractivity (Wildman–Crippen MR) is 182 cm³/mol. The van der Waals surface area contributed by atoms with E-state index in [1.807, 2.05) is 19.9 Å². The monoisotopic (exact) mass is 645 g/mol. The van der Waals surface area contributed by atoms with E-state index in [2.05, 4.69) is 44.0 Å². The molecule has 0 aromatic heterocycles. The molecule has 0 atom stereocenters. The Hall–Kier alpha value is -3.68. The quantitative estimate of drug-likeness (QED) is 0.0774. The molecule has 1 aliphatic carbocycles. The van der Waals surface area contributed by atoms with Crippen LogP contribution in [0.15, 0.2) is 54.3 Å². The molecule has 0 bridgehead atoms. The summed E-state index contributed by atoms with van der Waals surface area (Å²) in [4.78, 5) is 21.5. The third-order valence-electron chi connectivity index (χ3n) is 8.16. The van der Waals surface area contributed by atoms with E-state index in [-0.39, 0.29) is 49.8 Å². The van der Waals surface area contributed by atoms with Gasteiger partial charge in [-0.25, -0.2) is 4.39 Å². The number of Topliss-reactive ketones (excluding diaryl/α,β-unsaturated/α-hetero) is 1. The molecule has 46 heavy (non-hydrogen) atoms. The van der Waals surface area contributed by atoms with Gasteiger partial charge in [0, 0.05) is 26.5 Å². The number of aryl methyl sites for hydroxylation is 2. The van der Waals surface area contributed by atoms with E-state index in [1.54, 1.807) is 6.07 Å². The number of allylic oxidation sites excluding steroid dienone is 3. The van der Waals surface area contributed by atoms with Crippen molar-refractivity contribution < 1.29 is 33.3 Å². The average molecular weight is 646 g/mol. The molecule has 2 aliphatic rings. The molecule has 1 aliphatic heterocycles. The number of carbonyl (C=O) groups excluding carboxylic acids is 2. The number of ether oxygens (including phenoxy) is 1. The highest BCUT2D eigenvalue weighted by Gasteiger charge is 2.66. The Morgan fingerprint density at radius 3 is 2.30 bits per heavy atom. The van der Waals surface area contributed by atoms with Crippen molar-refractivity contribution in [3.63, 3.8) is 0 Å². The highest BCUT2D eigenvalue weighted by molar-refractivity contribution is 5.91. The Labute approximate surface area is 273 Å². The fourth-order valence-electron chi connectivity index (χ4n) is 5.56. The number of unbranched alkanes of at least 4 members (excludes halogenated alkanes) is 2. The Bertz CT molecular complexity index is 1420. The number of alkyl halides is 3. The Kier molecular flexibility index (Phi) is 15.0. The van der Waals surface area contributed by atoms with Gasteiger partial charge in [0.1, 0.15) is 29.1 Å². The smallest absolute Gasteiger partial charge is 0.401 e. The minimum absolute atomic E-state index is 0. The molecule has 1 heterocycles. The Balaban J connectivity index is 0.00000174. The normalized spacial score (nSPS) is 14.7. The van der Waals surface area contributed by atoms with Gasteiger partial charge in [-0.05, 0) is 108 Å². The van der Waals surface area contributed by atoms with Gasteiger partial charge in [0.2, 0.25) is 0 Å². The van der Waals surface area contributed by atoms with Gasteiger partial charge in [-0.15, -0.1) is 0 Å². The molecule has 4 rings (SSSR count). The molecular weight excluding hydrogens is 594 g/mol. The van der Waals surface area contributed by atoms with Crippen molar-refractivity contribution in [2.45, 2.75) is 98.6 Å². The van der Waals surface area contributed by atoms with Crippen LogP contribution in [0.4, 0.5) is 23.2 Å². The molecule has 8 heteroatoms. The second-order valence-electron chi connectivity index (χ2n) is 11.4. The standard InChI is InChI=1S/C34H39F4NO2.C2H4O.C2H6.H2/c1-5-7-8-9-24-16-27-17-28(21-39-31(27)20-23(24)6-2)25-10-11-26(30(35)19-25)18-29(40)14-22(3)15-32(41-4)33(12-13-33)34(36,37)38;1-2-3;1-2;/h10-11,15-17,19-20,39H,3,5-9,12-14,18,21H2,1-2,4H3;2H,1H3;1-2H3;1H/b32-15-;;;. The van der Waals surface area contributed by atoms with Gasteiger partial charge >= 0.3 is 6.18 Å². The van der Waals surface area contributed by atoms with E-state index in [4.69, 9.17) is 9.53 Å². The van der Waals surface area contributed by atoms with Gasteiger partial charge in [-0.2, -0.15) is 13.2 Å². The largest absolute Gasteiger partial charge is 0.500 e. The summed E-state index contributed by atoms with van der Waals surface area (Å²) in [5.41, 5.74) is 5.05. The molecule has 2 aromatic rings. The highest BCUT2D eigenvalue weighted by Crippen LogP contribution is 2.62. The Morgan fingerprint density at radius 2 is 1.76 bits per heavy atom. The van der Waals surface area contributed by atoms with Crippen LogP contribution in [0.25, 0.3) is 11.6 Å². The molecule has 0 amide bonds. The molecule has 0 spiro atoms. The zero-order chi connectivity index (χ0) is 34.5. The van der Waals surface area contributed by atoms with Gasteiger partial charge in [0.05, 0.1) is 7.11 Å². The maximum absolute atomic E-state index is 15.1. The number of ketones is 1. The van der Waals surface area contributed by atoms with E-state index in [0.29, 0.717) is 6.54 Å². The topological polar surface area (TPSA) is 55.4 Å². The number of halogens is 4. The van der Waals surface area contributed by atoms with E-state index < -0.39 is 17.4 Å². The van der Waals surface area contributed by atoms with Crippen molar-refractivity contribution in [3.8, 4) is 0 Å². The molecule has 1 fully saturated rings. The van der Waals surface area contributed by atoms with E-state index >= 15 is 4.39 Å². The van der Waals surface area contributed by atoms with Crippen LogP contribution in [0, 0.1) is 11.2 Å². The molecule has 0 unspecified atom stereocenters. The van der Waals surface area contributed by atoms with Crippen LogP contribution in [-0.2, 0) is 33.6 Å². The SMILES string of the molecule is C=C(/C=C(\OC)C1(C(F)(F)F)CC1)CC(=O)Cc1ccc(C2=Cc3cc(CCCCC)c(CC)cc3NC2)cc1F.CC.CC=O.[HH]. The first-order valence-electron chi connectivity index (χ1n) is 16.2. The first kappa shape index (κ1) is 38.5. The van der Waals surface area contributed by atoms with Crippen LogP contribution < -0.4 is 5.32 Å². The molecule has 1 N–H and O–H groups in total. The van der Waals surface area contributed by atoms with E-state index in [1.165, 1.54) is 50.1 Å². The van der Waals surface area contributed by atoms with Crippen molar-refractivity contribution in [1.29, 1.82) is 0 Å². The maximum Gasteiger partial charge on any atom is 0.401 e. The minimum Gasteiger partial charge on any atom is -0.500 e. The number of methoxy groups -OCH3 is 1. The molecule has 4 nitrogen and oxygen atoms in total. The van der Waals surface area contributed by atoms with Gasteiger partial charge in [-0.1, -0.05) is 59.2 Å². The summed E-state index contributed by atoms with van der Waals surface area (Å²) in [7, 11) is 1.19. The fraction of sp³-hybridized carbons (Fsp3) is 0.474. The lowest BCUT2D eigenvalue weighted by Gasteiger charge is -2.22. The summed E-state index contributed by atoms with van der Waals surface area (Å²) >= 11 is 0. The van der Waals surface area contributed by atoms with Crippen LogP contribution in [0.3, 0.4) is 0 Å². The number of carbonyl (C=O) groups is 2. The number of nitrogens with one attached hydrogen (secondary N) is 1. The highest BCUT2D eigenvalue weighted by atomic mass is 19.4. The first-order chi connectivity index (χ1) is 21.9. The summed E-state index contributed by atoms with van der Waals surface area (Å²) in [5.74, 6) is -1.05. The molecular formula is C38H51F4NO3. The Morgan fingerprint density at radius 1 is 1.09 bits per heavy atom. The number of hydrogen-bond donors (Lipinski definition) is 1. The first-order valence-corrected chi connectivity index (χ1v) is 16.2. The van der Waals surface area contributed by atoms with Crippen LogP contribution in [0.1, 0.15) is 102 Å². The third-order valence-corrected chi connectivity index (χ3v) is 8.16. The molecule has 2 aromatic carbocycles. The lowest BCUT2D eigenvalue weighted by atomic mass is 9.91. The summed E-state index contributed by atoms with van der Waals surface area (Å²) in [6, 6.07) is 9.34. The number of rotatable bonds is 13. The summed E-state index contributed by atoms with van der Waals surface area (Å²) in [6.45, 7) is 14.1. The lowest BCUT2D eigenvalue weighted by molar-refractivity contribution is -0.184. The molecule has 0 radical (unpaired) electrons. The van der Waals surface area contributed by atoms with Gasteiger partial charge < -0.3 is 14.8 Å². The zero-order valence-electron chi connectivity index (χ0n) is 28.1. The van der Waals surface area contributed by atoms with E-state index in [9.17, 15) is 18.0 Å². The zero-order valence-corrected chi connectivity index (χ0v) is 28.1. The summed E-state index contributed by atoms with van der Waals surface area (Å²) in [5, 5.41) is 3.47. The predicted octanol–water partition coefficient (Wildman–Crippen LogP) is 10.5. The van der Waals surface area contributed by atoms with Gasteiger partial charge in [0.15, 0.2) is 0 Å². The van der Waals surface area contributed by atoms with Crippen molar-refractivity contribution in [2.75, 3.05) is 19.0 Å². The van der Waals surface area contributed by atoms with Crippen LogP contribution in [-0.4, -0.2) is 31.9 Å². The number of hydrogen-bond acceptors (Lipinski definition) is 4. The van der Waals surface area contributed by atoms with Crippen molar-refractivity contribution in [3.05, 3.63) is 88.0 Å². The van der Waals surface area contributed by atoms with Crippen LogP contribution >= 0.6 is 0 Å². The third kappa shape index (κ3) is 9.91. The van der Waals surface area contributed by atoms with Crippen LogP contribution in [0.2, 0.25) is 0 Å². The molecule has 0 saturated heterocycles. The number of benzene rings is 2. The number of aldehydes is 1. The molecule has 1 saturated carbocycles. The fourth-order valence-corrected chi connectivity index (χ4v) is 5.56. The van der Waals surface area contributed by atoms with Crippen molar-refractivity contribution in [2.24, 2.45) is 5.41 Å². The number of anilines is 1. The second kappa shape index (κ2) is 17.9. The maximum atomic E-state index is 15.1. The summed E-state index contributed by atoms with van der Waals surface area (Å²) < 4.78 is 60.5. The van der Waals surface area contributed by atoms with Crippen molar-refractivity contribution >= 4 is 29.4 Å². The number of fused-ring (bicyclic) bond motifs is 1. The van der Waals surface area contributed by atoms with Gasteiger partial charge in [-0.3, -0.25) is 4.79 Å². The van der Waals surface area contributed by atoms with Crippen LogP contribution in [0.5, 0.6) is 0 Å². The average Bonchev–Trinajstić information content (AvgIpc) is 3.84. The lowest BCUT2D eigenvalue weighted by Crippen LogP contribution is -2.27. The van der Waals surface area contributed by atoms with E-state index in [0.717, 1.165) is 47.9 Å². The van der Waals surface area contributed by atoms with Crippen molar-refractivity contribution in [1.82, 2.24) is 0 Å². The minimum atomic E-state index is -4.43. The molecule has 254 valence electrons. The summed E-state index contributed by atoms with van der Waals surface area (Å²) in [6.07, 6.45) is 4.72. The van der Waals surface area contributed by atoms with Gasteiger partial charge in [0.25, 0.3) is 0 Å².